The summed E-state index contributed by atoms with van der Waals surface area (Å²) in [6.45, 7) is 1.91. The molecule has 3 rings (SSSR count). The van der Waals surface area contributed by atoms with Crippen LogP contribution in [0.25, 0.3) is 0 Å². The topological polar surface area (TPSA) is 60.2 Å². The van der Waals surface area contributed by atoms with Crippen molar-refractivity contribution in [3.8, 4) is 0 Å². The average Bonchev–Trinajstić information content (AvgIpc) is 2.62. The van der Waals surface area contributed by atoms with Gasteiger partial charge in [0.2, 0.25) is 5.91 Å². The van der Waals surface area contributed by atoms with E-state index in [1.54, 1.807) is 12.1 Å². The van der Waals surface area contributed by atoms with Gasteiger partial charge in [0.1, 0.15) is 0 Å². The zero-order valence-corrected chi connectivity index (χ0v) is 14.2. The summed E-state index contributed by atoms with van der Waals surface area (Å²) in [7, 11) is -3.20. The normalized spacial score (nSPS) is 11.2. The summed E-state index contributed by atoms with van der Waals surface area (Å²) in [5.41, 5.74) is 6.79. The first-order valence-corrected chi connectivity index (χ1v) is 9.36. The van der Waals surface area contributed by atoms with E-state index in [1.165, 1.54) is 0 Å². The quantitative estimate of drug-likeness (QED) is 0.745. The third-order valence-electron chi connectivity index (χ3n) is 4.00. The van der Waals surface area contributed by atoms with Gasteiger partial charge in [0, 0.05) is 15.9 Å². The van der Waals surface area contributed by atoms with Gasteiger partial charge in [-0.2, -0.15) is 0 Å². The maximum absolute atomic E-state index is 14.3. The lowest BCUT2D eigenvalue weighted by Gasteiger charge is -2.22. The van der Waals surface area contributed by atoms with Gasteiger partial charge >= 0.3 is 0 Å². The lowest BCUT2D eigenvalue weighted by molar-refractivity contribution is 0.100. The summed E-state index contributed by atoms with van der Waals surface area (Å²) < 4.78 is 14.3. The van der Waals surface area contributed by atoms with Gasteiger partial charge in [-0.25, -0.2) is 0 Å². The Hall–Kier alpha value is -2.64. The molecular weight excluding hydrogens is 317 g/mol. The van der Waals surface area contributed by atoms with Crippen molar-refractivity contribution in [3.05, 3.63) is 90.0 Å². The highest BCUT2D eigenvalue weighted by Crippen LogP contribution is 2.43. The number of carbonyl (C=O) groups excluding carboxylic acids is 1. The molecule has 24 heavy (non-hydrogen) atoms. The molecule has 0 saturated heterocycles. The number of rotatable bonds is 4. The van der Waals surface area contributed by atoms with Gasteiger partial charge in [-0.15, -0.1) is 0 Å². The van der Waals surface area contributed by atoms with Crippen LogP contribution in [0.15, 0.2) is 78.9 Å². The highest BCUT2D eigenvalue weighted by atomic mass is 31.2. The van der Waals surface area contributed by atoms with Crippen molar-refractivity contribution in [2.24, 2.45) is 5.73 Å². The van der Waals surface area contributed by atoms with Crippen molar-refractivity contribution in [1.29, 1.82) is 0 Å². The molecule has 2 N–H and O–H groups in total. The van der Waals surface area contributed by atoms with Crippen LogP contribution in [-0.4, -0.2) is 5.91 Å². The van der Waals surface area contributed by atoms with E-state index in [0.717, 1.165) is 5.56 Å². The average molecular weight is 335 g/mol. The van der Waals surface area contributed by atoms with Crippen LogP contribution in [0, 0.1) is 6.92 Å². The molecule has 120 valence electrons. The zero-order valence-electron chi connectivity index (χ0n) is 13.3. The van der Waals surface area contributed by atoms with Crippen molar-refractivity contribution in [1.82, 2.24) is 0 Å². The molecule has 3 nitrogen and oxygen atoms in total. The molecule has 0 aliphatic carbocycles. The number of hydrogen-bond acceptors (Lipinski definition) is 2. The van der Waals surface area contributed by atoms with Crippen molar-refractivity contribution < 1.29 is 9.36 Å². The van der Waals surface area contributed by atoms with E-state index >= 15 is 0 Å². The molecule has 1 amide bonds. The highest BCUT2D eigenvalue weighted by Gasteiger charge is 2.33. The molecule has 4 heteroatoms. The molecule has 0 fully saturated rings. The Bertz CT molecular complexity index is 877. The molecule has 0 atom stereocenters. The Morgan fingerprint density at radius 2 is 1.33 bits per heavy atom. The third kappa shape index (κ3) is 2.79. The van der Waals surface area contributed by atoms with Crippen molar-refractivity contribution in [3.63, 3.8) is 0 Å². The molecule has 3 aromatic rings. The molecule has 0 bridgehead atoms. The van der Waals surface area contributed by atoms with E-state index in [2.05, 4.69) is 0 Å². The Morgan fingerprint density at radius 3 is 1.79 bits per heavy atom. The third-order valence-corrected chi connectivity index (χ3v) is 7.10. The summed E-state index contributed by atoms with van der Waals surface area (Å²) in [5.74, 6) is -0.572. The Kier molecular flexibility index (Phi) is 4.37. The summed E-state index contributed by atoms with van der Waals surface area (Å²) in [6.07, 6.45) is 0. The monoisotopic (exact) mass is 335 g/mol. The second-order valence-corrected chi connectivity index (χ2v) is 8.40. The lowest BCUT2D eigenvalue weighted by Crippen LogP contribution is -2.31. The fourth-order valence-electron chi connectivity index (χ4n) is 2.81. The summed E-state index contributed by atoms with van der Waals surface area (Å²) >= 11 is 0. The van der Waals surface area contributed by atoms with Gasteiger partial charge in [0.25, 0.3) is 0 Å². The van der Waals surface area contributed by atoms with E-state index in [-0.39, 0.29) is 0 Å². The van der Waals surface area contributed by atoms with Crippen LogP contribution in [0.2, 0.25) is 0 Å². The molecule has 0 radical (unpaired) electrons. The first-order chi connectivity index (χ1) is 11.5. The molecule has 3 aromatic carbocycles. The van der Waals surface area contributed by atoms with Crippen molar-refractivity contribution in [2.45, 2.75) is 6.92 Å². The number of amides is 1. The van der Waals surface area contributed by atoms with Gasteiger partial charge in [-0.1, -0.05) is 72.3 Å². The number of aryl methyl sites for hydroxylation is 1. The summed E-state index contributed by atoms with van der Waals surface area (Å²) in [5, 5.41) is 1.86. The molecule has 0 aliphatic rings. The summed E-state index contributed by atoms with van der Waals surface area (Å²) in [4.78, 5) is 11.9. The Labute approximate surface area is 141 Å². The van der Waals surface area contributed by atoms with E-state index in [9.17, 15) is 9.36 Å². The second kappa shape index (κ2) is 6.46. The van der Waals surface area contributed by atoms with E-state index < -0.39 is 13.0 Å². The summed E-state index contributed by atoms with van der Waals surface area (Å²) in [6, 6.07) is 23.8. The number of nitrogens with two attached hydrogens (primary N) is 1. The van der Waals surface area contributed by atoms with E-state index in [1.807, 2.05) is 73.7 Å². The van der Waals surface area contributed by atoms with Crippen LogP contribution >= 0.6 is 7.14 Å². The molecular formula is C20H18NO2P. The van der Waals surface area contributed by atoms with Gasteiger partial charge < -0.3 is 10.3 Å². The van der Waals surface area contributed by atoms with Crippen LogP contribution < -0.4 is 21.6 Å². The largest absolute Gasteiger partial charge is 0.366 e. The first-order valence-electron chi connectivity index (χ1n) is 7.66. The van der Waals surface area contributed by atoms with E-state index in [0.29, 0.717) is 21.5 Å². The first kappa shape index (κ1) is 16.2. The predicted octanol–water partition coefficient (Wildman–Crippen LogP) is 2.73. The van der Waals surface area contributed by atoms with Crippen molar-refractivity contribution >= 4 is 29.0 Å². The molecule has 0 spiro atoms. The van der Waals surface area contributed by atoms with Crippen LogP contribution in [0.3, 0.4) is 0 Å². The van der Waals surface area contributed by atoms with Gasteiger partial charge in [0.05, 0.1) is 5.56 Å². The SMILES string of the molecule is Cc1ccc(C(N)=O)c(P(=O)(c2ccccc2)c2ccccc2)c1. The number of primary amides is 1. The van der Waals surface area contributed by atoms with Gasteiger partial charge in [0.15, 0.2) is 7.14 Å². The van der Waals surface area contributed by atoms with Gasteiger partial charge in [-0.05, 0) is 19.1 Å². The fraction of sp³-hybridized carbons (Fsp3) is 0.0500. The number of carbonyl (C=O) groups is 1. The maximum atomic E-state index is 14.3. The van der Waals surface area contributed by atoms with Crippen LogP contribution in [-0.2, 0) is 4.57 Å². The zero-order chi connectivity index (χ0) is 17.2. The van der Waals surface area contributed by atoms with Crippen LogP contribution in [0.5, 0.6) is 0 Å². The molecule has 0 aromatic heterocycles. The Morgan fingerprint density at radius 1 is 0.833 bits per heavy atom. The fourth-order valence-corrected chi connectivity index (χ4v) is 5.76. The number of benzene rings is 3. The second-order valence-electron chi connectivity index (χ2n) is 5.67. The molecule has 0 saturated carbocycles. The smallest absolute Gasteiger partial charge is 0.249 e. The predicted molar refractivity (Wildman–Crippen MR) is 99.1 cm³/mol. The lowest BCUT2D eigenvalue weighted by atomic mass is 10.1. The van der Waals surface area contributed by atoms with Crippen molar-refractivity contribution in [2.75, 3.05) is 0 Å². The van der Waals surface area contributed by atoms with Gasteiger partial charge in [-0.3, -0.25) is 4.79 Å². The minimum atomic E-state index is -3.20. The number of hydrogen-bond donors (Lipinski definition) is 1. The Balaban J connectivity index is 2.39. The van der Waals surface area contributed by atoms with Crippen LogP contribution in [0.1, 0.15) is 15.9 Å². The minimum absolute atomic E-state index is 0.302. The molecule has 0 aliphatic heterocycles. The standard InChI is InChI=1S/C20H18NO2P/c1-15-12-13-18(20(21)22)19(14-15)24(23,16-8-4-2-5-9-16)17-10-6-3-7-11-17/h2-14H,1H3,(H2,21,22). The highest BCUT2D eigenvalue weighted by molar-refractivity contribution is 7.85. The maximum Gasteiger partial charge on any atom is 0.249 e. The van der Waals surface area contributed by atoms with Crippen LogP contribution in [0.4, 0.5) is 0 Å². The molecule has 0 heterocycles. The molecule has 0 unspecified atom stereocenters. The van der Waals surface area contributed by atoms with E-state index in [4.69, 9.17) is 5.73 Å². The minimum Gasteiger partial charge on any atom is -0.366 e.